The molecule has 0 aromatic heterocycles. The maximum absolute atomic E-state index is 13.0. The lowest BCUT2D eigenvalue weighted by Crippen LogP contribution is -2.25. The van der Waals surface area contributed by atoms with E-state index in [1.807, 2.05) is 0 Å². The second-order valence-electron chi connectivity index (χ2n) is 4.10. The molecule has 0 heterocycles. The molecular weight excluding hydrogens is 269 g/mol. The van der Waals surface area contributed by atoms with E-state index in [0.29, 0.717) is 12.8 Å². The fourth-order valence-electron chi connectivity index (χ4n) is 1.57. The van der Waals surface area contributed by atoms with Gasteiger partial charge < -0.3 is 11.1 Å². The SMILES string of the molecule is NC(=O)CCCCNC(=O)c1cc(F)ccc1[N+](=O)[O-]. The molecule has 0 saturated heterocycles. The van der Waals surface area contributed by atoms with Crippen molar-refractivity contribution in [3.63, 3.8) is 0 Å². The lowest BCUT2D eigenvalue weighted by molar-refractivity contribution is -0.385. The molecule has 0 atom stereocenters. The molecule has 1 aromatic rings. The molecular formula is C12H14FN3O4. The Hall–Kier alpha value is -2.51. The van der Waals surface area contributed by atoms with Crippen LogP contribution in [-0.4, -0.2) is 23.3 Å². The van der Waals surface area contributed by atoms with Gasteiger partial charge in [0.2, 0.25) is 5.91 Å². The monoisotopic (exact) mass is 283 g/mol. The van der Waals surface area contributed by atoms with Gasteiger partial charge in [0.15, 0.2) is 0 Å². The molecule has 7 nitrogen and oxygen atoms in total. The number of nitrogens with two attached hydrogens (primary N) is 1. The van der Waals surface area contributed by atoms with Gasteiger partial charge >= 0.3 is 0 Å². The van der Waals surface area contributed by atoms with Crippen LogP contribution in [0.2, 0.25) is 0 Å². The summed E-state index contributed by atoms with van der Waals surface area (Å²) < 4.78 is 13.0. The van der Waals surface area contributed by atoms with E-state index in [4.69, 9.17) is 5.73 Å². The molecule has 20 heavy (non-hydrogen) atoms. The molecule has 0 bridgehead atoms. The van der Waals surface area contributed by atoms with Gasteiger partial charge in [-0.15, -0.1) is 0 Å². The van der Waals surface area contributed by atoms with E-state index < -0.39 is 28.2 Å². The number of carbonyl (C=O) groups excluding carboxylic acids is 2. The zero-order valence-corrected chi connectivity index (χ0v) is 10.6. The summed E-state index contributed by atoms with van der Waals surface area (Å²) in [7, 11) is 0. The summed E-state index contributed by atoms with van der Waals surface area (Å²) in [5.41, 5.74) is 4.17. The van der Waals surface area contributed by atoms with Crippen LogP contribution in [0.15, 0.2) is 18.2 Å². The fraction of sp³-hybridized carbons (Fsp3) is 0.333. The molecule has 108 valence electrons. The van der Waals surface area contributed by atoms with Crippen molar-refractivity contribution in [2.75, 3.05) is 6.54 Å². The minimum absolute atomic E-state index is 0.204. The molecule has 0 saturated carbocycles. The van der Waals surface area contributed by atoms with Crippen molar-refractivity contribution in [1.82, 2.24) is 5.32 Å². The van der Waals surface area contributed by atoms with E-state index in [1.165, 1.54) is 0 Å². The van der Waals surface area contributed by atoms with Gasteiger partial charge in [-0.05, 0) is 25.0 Å². The molecule has 2 amide bonds. The van der Waals surface area contributed by atoms with Crippen LogP contribution < -0.4 is 11.1 Å². The summed E-state index contributed by atoms with van der Waals surface area (Å²) in [6, 6.07) is 2.68. The van der Waals surface area contributed by atoms with Crippen LogP contribution >= 0.6 is 0 Å². The number of hydrogen-bond acceptors (Lipinski definition) is 4. The van der Waals surface area contributed by atoms with Gasteiger partial charge in [-0.3, -0.25) is 19.7 Å². The molecule has 0 aliphatic carbocycles. The molecule has 1 aromatic carbocycles. The zero-order chi connectivity index (χ0) is 15.1. The number of unbranched alkanes of at least 4 members (excludes halogenated alkanes) is 1. The molecule has 0 spiro atoms. The summed E-state index contributed by atoms with van der Waals surface area (Å²) in [4.78, 5) is 32.2. The van der Waals surface area contributed by atoms with E-state index in [1.54, 1.807) is 0 Å². The van der Waals surface area contributed by atoms with Crippen molar-refractivity contribution in [3.05, 3.63) is 39.7 Å². The number of primary amides is 1. The van der Waals surface area contributed by atoms with Crippen LogP contribution in [0.4, 0.5) is 10.1 Å². The molecule has 0 aliphatic heterocycles. The first-order valence-corrected chi connectivity index (χ1v) is 5.92. The molecule has 1 rings (SSSR count). The van der Waals surface area contributed by atoms with Crippen LogP contribution in [0.5, 0.6) is 0 Å². The highest BCUT2D eigenvalue weighted by Crippen LogP contribution is 2.19. The quantitative estimate of drug-likeness (QED) is 0.443. The number of nitro benzene ring substituents is 1. The molecule has 0 radical (unpaired) electrons. The lowest BCUT2D eigenvalue weighted by atomic mass is 10.1. The summed E-state index contributed by atoms with van der Waals surface area (Å²) in [6.07, 6.45) is 1.20. The highest BCUT2D eigenvalue weighted by molar-refractivity contribution is 5.98. The summed E-state index contributed by atoms with van der Waals surface area (Å²) in [5, 5.41) is 13.2. The number of carbonyl (C=O) groups is 2. The average molecular weight is 283 g/mol. The van der Waals surface area contributed by atoms with Gasteiger partial charge in [0.1, 0.15) is 11.4 Å². The maximum atomic E-state index is 13.0. The predicted octanol–water partition coefficient (Wildman–Crippen LogP) is 1.12. The Bertz CT molecular complexity index is 533. The number of nitrogens with one attached hydrogen (secondary N) is 1. The van der Waals surface area contributed by atoms with Crippen molar-refractivity contribution in [2.45, 2.75) is 19.3 Å². The first-order chi connectivity index (χ1) is 9.41. The normalized spacial score (nSPS) is 10.1. The number of amides is 2. The lowest BCUT2D eigenvalue weighted by Gasteiger charge is -2.05. The van der Waals surface area contributed by atoms with Crippen LogP contribution in [0.3, 0.4) is 0 Å². The summed E-state index contributed by atoms with van der Waals surface area (Å²) in [6.45, 7) is 0.222. The Balaban J connectivity index is 2.61. The Kier molecular flexibility index (Phi) is 5.57. The average Bonchev–Trinajstić information content (AvgIpc) is 2.37. The van der Waals surface area contributed by atoms with Gasteiger partial charge in [0.25, 0.3) is 11.6 Å². The summed E-state index contributed by atoms with van der Waals surface area (Å²) in [5.74, 6) is -1.89. The third-order valence-electron chi connectivity index (χ3n) is 2.54. The molecule has 0 fully saturated rings. The Morgan fingerprint density at radius 1 is 1.35 bits per heavy atom. The van der Waals surface area contributed by atoms with E-state index in [0.717, 1.165) is 18.2 Å². The number of rotatable bonds is 7. The number of halogens is 1. The second kappa shape index (κ2) is 7.17. The maximum Gasteiger partial charge on any atom is 0.282 e. The van der Waals surface area contributed by atoms with Crippen molar-refractivity contribution in [3.8, 4) is 0 Å². The largest absolute Gasteiger partial charge is 0.370 e. The Morgan fingerprint density at radius 3 is 2.65 bits per heavy atom. The smallest absolute Gasteiger partial charge is 0.282 e. The van der Waals surface area contributed by atoms with Gasteiger partial charge in [-0.25, -0.2) is 4.39 Å². The number of nitro groups is 1. The van der Waals surface area contributed by atoms with Crippen LogP contribution in [-0.2, 0) is 4.79 Å². The second-order valence-corrected chi connectivity index (χ2v) is 4.10. The van der Waals surface area contributed by atoms with Crippen LogP contribution in [0.25, 0.3) is 0 Å². The van der Waals surface area contributed by atoms with E-state index in [-0.39, 0.29) is 18.5 Å². The van der Waals surface area contributed by atoms with E-state index in [9.17, 15) is 24.1 Å². The van der Waals surface area contributed by atoms with Gasteiger partial charge in [0.05, 0.1) is 4.92 Å². The Morgan fingerprint density at radius 2 is 2.05 bits per heavy atom. The number of nitrogens with zero attached hydrogens (tertiary/aromatic N) is 1. The van der Waals surface area contributed by atoms with Crippen molar-refractivity contribution < 1.29 is 18.9 Å². The first-order valence-electron chi connectivity index (χ1n) is 5.92. The fourth-order valence-corrected chi connectivity index (χ4v) is 1.57. The van der Waals surface area contributed by atoms with Gasteiger partial charge in [-0.1, -0.05) is 0 Å². The van der Waals surface area contributed by atoms with Crippen LogP contribution in [0.1, 0.15) is 29.6 Å². The Labute approximate surface area is 114 Å². The van der Waals surface area contributed by atoms with Crippen molar-refractivity contribution in [2.24, 2.45) is 5.73 Å². The van der Waals surface area contributed by atoms with E-state index >= 15 is 0 Å². The minimum Gasteiger partial charge on any atom is -0.370 e. The number of benzene rings is 1. The van der Waals surface area contributed by atoms with Crippen molar-refractivity contribution in [1.29, 1.82) is 0 Å². The summed E-state index contributed by atoms with van der Waals surface area (Å²) >= 11 is 0. The third-order valence-corrected chi connectivity index (χ3v) is 2.54. The topological polar surface area (TPSA) is 115 Å². The third kappa shape index (κ3) is 4.63. The van der Waals surface area contributed by atoms with Crippen LogP contribution in [0, 0.1) is 15.9 Å². The molecule has 0 unspecified atom stereocenters. The number of hydrogen-bond donors (Lipinski definition) is 2. The highest BCUT2D eigenvalue weighted by Gasteiger charge is 2.20. The first kappa shape index (κ1) is 15.5. The highest BCUT2D eigenvalue weighted by atomic mass is 19.1. The molecule has 8 heteroatoms. The van der Waals surface area contributed by atoms with Gasteiger partial charge in [-0.2, -0.15) is 0 Å². The van der Waals surface area contributed by atoms with Crippen molar-refractivity contribution >= 4 is 17.5 Å². The molecule has 0 aliphatic rings. The zero-order valence-electron chi connectivity index (χ0n) is 10.6. The van der Waals surface area contributed by atoms with E-state index in [2.05, 4.69) is 5.32 Å². The van der Waals surface area contributed by atoms with Gasteiger partial charge in [0, 0.05) is 19.0 Å². The standard InChI is InChI=1S/C12H14FN3O4/c13-8-4-5-10(16(19)20)9(7-8)12(18)15-6-2-1-3-11(14)17/h4-5,7H,1-3,6H2,(H2,14,17)(H,15,18). The minimum atomic E-state index is -0.749. The predicted molar refractivity (Wildman–Crippen MR) is 68.4 cm³/mol. The molecule has 3 N–H and O–H groups in total.